The van der Waals surface area contributed by atoms with Crippen LogP contribution < -0.4 is 10.6 Å². The van der Waals surface area contributed by atoms with E-state index in [1.807, 2.05) is 36.0 Å². The van der Waals surface area contributed by atoms with Gasteiger partial charge in [0.25, 0.3) is 0 Å². The molecule has 0 spiro atoms. The Balaban J connectivity index is 1.71. The van der Waals surface area contributed by atoms with Crippen LogP contribution in [-0.2, 0) is 24.8 Å². The third-order valence-corrected chi connectivity index (χ3v) is 3.71. The Hall–Kier alpha value is -2.14. The summed E-state index contributed by atoms with van der Waals surface area (Å²) in [5, 5.41) is 6.23. The Morgan fingerprint density at radius 3 is 3.15 bits per heavy atom. The lowest BCUT2D eigenvalue weighted by atomic mass is 9.94. The first-order valence-electron chi connectivity index (χ1n) is 6.81. The first-order valence-corrected chi connectivity index (χ1v) is 6.81. The summed E-state index contributed by atoms with van der Waals surface area (Å²) in [7, 11) is 1.92. The van der Waals surface area contributed by atoms with E-state index in [4.69, 9.17) is 0 Å². The normalized spacial score (nSPS) is 17.6. The van der Waals surface area contributed by atoms with Crippen LogP contribution in [0, 0.1) is 0 Å². The Labute approximate surface area is 118 Å². The minimum atomic E-state index is -0.264. The fourth-order valence-corrected chi connectivity index (χ4v) is 2.57. The van der Waals surface area contributed by atoms with Gasteiger partial charge in [-0.15, -0.1) is 0 Å². The van der Waals surface area contributed by atoms with Crippen LogP contribution in [-0.4, -0.2) is 22.0 Å². The molecule has 1 unspecified atom stereocenters. The van der Waals surface area contributed by atoms with E-state index in [2.05, 4.69) is 21.7 Å². The minimum absolute atomic E-state index is 0.000139. The van der Waals surface area contributed by atoms with Crippen molar-refractivity contribution in [2.24, 2.45) is 7.05 Å². The van der Waals surface area contributed by atoms with Crippen molar-refractivity contribution in [3.05, 3.63) is 53.6 Å². The number of hydrogen-bond donors (Lipinski definition) is 2. The van der Waals surface area contributed by atoms with Gasteiger partial charge in [-0.3, -0.25) is 4.79 Å². The van der Waals surface area contributed by atoms with Crippen LogP contribution >= 0.6 is 0 Å². The summed E-state index contributed by atoms with van der Waals surface area (Å²) in [5.74, 6) is 0.850. The molecule has 0 saturated heterocycles. The highest BCUT2D eigenvalue weighted by Gasteiger charge is 2.25. The second-order valence-electron chi connectivity index (χ2n) is 5.01. The zero-order chi connectivity index (χ0) is 13.9. The molecule has 5 nitrogen and oxygen atoms in total. The average molecular weight is 270 g/mol. The van der Waals surface area contributed by atoms with Gasteiger partial charge in [-0.05, 0) is 17.5 Å². The van der Waals surface area contributed by atoms with Crippen molar-refractivity contribution in [2.45, 2.75) is 19.0 Å². The molecular formula is C15H18N4O. The SMILES string of the molecule is Cn1ccnc1CNC(=O)C1NCCc2ccccc21. The van der Waals surface area contributed by atoms with Gasteiger partial charge in [-0.1, -0.05) is 24.3 Å². The average Bonchev–Trinajstić information content (AvgIpc) is 2.89. The summed E-state index contributed by atoms with van der Waals surface area (Å²) < 4.78 is 1.91. The van der Waals surface area contributed by atoms with E-state index in [1.54, 1.807) is 6.20 Å². The number of carbonyl (C=O) groups excluding carboxylic acids is 1. The van der Waals surface area contributed by atoms with Crippen LogP contribution in [0.1, 0.15) is 23.0 Å². The van der Waals surface area contributed by atoms with Crippen molar-refractivity contribution in [1.82, 2.24) is 20.2 Å². The Bertz CT molecular complexity index is 620. The standard InChI is InChI=1S/C15H18N4O/c1-19-9-8-16-13(19)10-18-15(20)14-12-5-3-2-4-11(12)6-7-17-14/h2-5,8-9,14,17H,6-7,10H2,1H3,(H,18,20). The molecule has 2 aromatic rings. The molecule has 0 bridgehead atoms. The third-order valence-electron chi connectivity index (χ3n) is 3.71. The molecule has 1 aliphatic rings. The molecule has 1 aliphatic heterocycles. The Morgan fingerprint density at radius 2 is 2.35 bits per heavy atom. The zero-order valence-electron chi connectivity index (χ0n) is 11.5. The number of imidazole rings is 1. The van der Waals surface area contributed by atoms with Crippen molar-refractivity contribution in [3.63, 3.8) is 0 Å². The number of hydrogen-bond acceptors (Lipinski definition) is 3. The number of benzene rings is 1. The van der Waals surface area contributed by atoms with Gasteiger partial charge in [-0.2, -0.15) is 0 Å². The van der Waals surface area contributed by atoms with Crippen LogP contribution in [0.2, 0.25) is 0 Å². The van der Waals surface area contributed by atoms with Crippen LogP contribution in [0.15, 0.2) is 36.7 Å². The topological polar surface area (TPSA) is 59.0 Å². The fraction of sp³-hybridized carbons (Fsp3) is 0.333. The van der Waals surface area contributed by atoms with E-state index >= 15 is 0 Å². The second kappa shape index (κ2) is 5.46. The first-order chi connectivity index (χ1) is 9.75. The van der Waals surface area contributed by atoms with Crippen molar-refractivity contribution < 1.29 is 4.79 Å². The number of fused-ring (bicyclic) bond motifs is 1. The number of nitrogens with one attached hydrogen (secondary N) is 2. The predicted octanol–water partition coefficient (Wildman–Crippen LogP) is 0.923. The van der Waals surface area contributed by atoms with E-state index in [0.29, 0.717) is 6.54 Å². The van der Waals surface area contributed by atoms with Gasteiger partial charge >= 0.3 is 0 Å². The number of amides is 1. The van der Waals surface area contributed by atoms with E-state index in [0.717, 1.165) is 24.4 Å². The van der Waals surface area contributed by atoms with Crippen molar-refractivity contribution in [3.8, 4) is 0 Å². The van der Waals surface area contributed by atoms with E-state index < -0.39 is 0 Å². The number of aromatic nitrogens is 2. The molecule has 3 rings (SSSR count). The summed E-state index contributed by atoms with van der Waals surface area (Å²) in [6.07, 6.45) is 4.57. The predicted molar refractivity (Wildman–Crippen MR) is 75.9 cm³/mol. The van der Waals surface area contributed by atoms with Gasteiger partial charge in [-0.25, -0.2) is 4.98 Å². The highest BCUT2D eigenvalue weighted by Crippen LogP contribution is 2.22. The summed E-state index contributed by atoms with van der Waals surface area (Å²) in [5.41, 5.74) is 2.33. The molecule has 104 valence electrons. The lowest BCUT2D eigenvalue weighted by Crippen LogP contribution is -2.41. The Morgan fingerprint density at radius 1 is 1.50 bits per heavy atom. The van der Waals surface area contributed by atoms with Gasteiger partial charge in [0.1, 0.15) is 11.9 Å². The summed E-state index contributed by atoms with van der Waals surface area (Å²) >= 11 is 0. The Kier molecular flexibility index (Phi) is 3.52. The molecule has 2 N–H and O–H groups in total. The van der Waals surface area contributed by atoms with Gasteiger partial charge in [0, 0.05) is 26.0 Å². The monoisotopic (exact) mass is 270 g/mol. The van der Waals surface area contributed by atoms with Crippen LogP contribution in [0.4, 0.5) is 0 Å². The molecule has 1 aromatic heterocycles. The molecule has 20 heavy (non-hydrogen) atoms. The van der Waals surface area contributed by atoms with Crippen LogP contribution in [0.5, 0.6) is 0 Å². The van der Waals surface area contributed by atoms with Gasteiger partial charge in [0.15, 0.2) is 0 Å². The smallest absolute Gasteiger partial charge is 0.242 e. The molecule has 1 atom stereocenters. The number of carbonyl (C=O) groups is 1. The van der Waals surface area contributed by atoms with Crippen molar-refractivity contribution in [2.75, 3.05) is 6.54 Å². The maximum Gasteiger partial charge on any atom is 0.242 e. The fourth-order valence-electron chi connectivity index (χ4n) is 2.57. The highest BCUT2D eigenvalue weighted by molar-refractivity contribution is 5.83. The maximum atomic E-state index is 12.4. The van der Waals surface area contributed by atoms with Gasteiger partial charge in [0.05, 0.1) is 6.54 Å². The summed E-state index contributed by atoms with van der Waals surface area (Å²) in [4.78, 5) is 16.6. The molecule has 0 saturated carbocycles. The second-order valence-corrected chi connectivity index (χ2v) is 5.01. The lowest BCUT2D eigenvalue weighted by molar-refractivity contribution is -0.123. The lowest BCUT2D eigenvalue weighted by Gasteiger charge is -2.26. The molecule has 5 heteroatoms. The number of aryl methyl sites for hydroxylation is 1. The van der Waals surface area contributed by atoms with Crippen molar-refractivity contribution >= 4 is 5.91 Å². The zero-order valence-corrected chi connectivity index (χ0v) is 11.5. The maximum absolute atomic E-state index is 12.4. The first kappa shape index (κ1) is 12.9. The number of nitrogens with zero attached hydrogens (tertiary/aromatic N) is 2. The third kappa shape index (κ3) is 2.44. The molecule has 0 fully saturated rings. The molecule has 1 amide bonds. The number of rotatable bonds is 3. The molecule has 0 radical (unpaired) electrons. The molecular weight excluding hydrogens is 252 g/mol. The highest BCUT2D eigenvalue weighted by atomic mass is 16.2. The van der Waals surface area contributed by atoms with E-state index in [-0.39, 0.29) is 11.9 Å². The molecule has 1 aromatic carbocycles. The minimum Gasteiger partial charge on any atom is -0.347 e. The summed E-state index contributed by atoms with van der Waals surface area (Å²) in [6.45, 7) is 1.28. The van der Waals surface area contributed by atoms with E-state index in [9.17, 15) is 4.79 Å². The molecule has 2 heterocycles. The summed E-state index contributed by atoms with van der Waals surface area (Å²) in [6, 6.07) is 7.85. The van der Waals surface area contributed by atoms with E-state index in [1.165, 1.54) is 5.56 Å². The largest absolute Gasteiger partial charge is 0.347 e. The quantitative estimate of drug-likeness (QED) is 0.872. The van der Waals surface area contributed by atoms with Crippen LogP contribution in [0.3, 0.4) is 0 Å². The van der Waals surface area contributed by atoms with Gasteiger partial charge in [0.2, 0.25) is 5.91 Å². The van der Waals surface area contributed by atoms with Crippen molar-refractivity contribution in [1.29, 1.82) is 0 Å². The molecule has 0 aliphatic carbocycles. The van der Waals surface area contributed by atoms with Gasteiger partial charge < -0.3 is 15.2 Å². The van der Waals surface area contributed by atoms with Crippen LogP contribution in [0.25, 0.3) is 0 Å².